The fourth-order valence-corrected chi connectivity index (χ4v) is 4.05. The van der Waals surface area contributed by atoms with Crippen molar-refractivity contribution >= 4 is 11.8 Å². The predicted octanol–water partition coefficient (Wildman–Crippen LogP) is 3.44. The normalized spacial score (nSPS) is 21.4. The Labute approximate surface area is 130 Å². The lowest BCUT2D eigenvalue weighted by Gasteiger charge is -2.32. The summed E-state index contributed by atoms with van der Waals surface area (Å²) >= 11 is 2.05. The Bertz CT molecular complexity index is 436. The molecule has 21 heavy (non-hydrogen) atoms. The van der Waals surface area contributed by atoms with E-state index >= 15 is 0 Å². The van der Waals surface area contributed by atoms with E-state index < -0.39 is 11.6 Å². The lowest BCUT2D eigenvalue weighted by molar-refractivity contribution is 0.265. The molecule has 1 aliphatic heterocycles. The second-order valence-electron chi connectivity index (χ2n) is 5.53. The van der Waals surface area contributed by atoms with Gasteiger partial charge in [-0.3, -0.25) is 0 Å². The first-order chi connectivity index (χ1) is 10.1. The molecular weight excluding hydrogens is 290 g/mol. The molecule has 2 rings (SSSR count). The van der Waals surface area contributed by atoms with E-state index in [4.69, 9.17) is 0 Å². The maximum absolute atomic E-state index is 13.3. The van der Waals surface area contributed by atoms with Gasteiger partial charge in [-0.15, -0.1) is 0 Å². The fourth-order valence-electron chi connectivity index (χ4n) is 2.80. The van der Waals surface area contributed by atoms with Gasteiger partial charge in [-0.1, -0.05) is 6.92 Å². The number of nitrogens with zero attached hydrogens (tertiary/aromatic N) is 1. The van der Waals surface area contributed by atoms with Crippen LogP contribution in [0.1, 0.15) is 31.4 Å². The average Bonchev–Trinajstić information content (AvgIpc) is 2.47. The van der Waals surface area contributed by atoms with Gasteiger partial charge in [0.05, 0.1) is 0 Å². The SMILES string of the molecule is CCC1CN(CCC(NC)c2cc(F)cc(F)c2)CCS1. The molecule has 1 N–H and O–H groups in total. The summed E-state index contributed by atoms with van der Waals surface area (Å²) in [6.45, 7) is 5.41. The second kappa shape index (κ2) is 8.11. The van der Waals surface area contributed by atoms with E-state index in [0.717, 1.165) is 37.4 Å². The lowest BCUT2D eigenvalue weighted by Crippen LogP contribution is -2.39. The lowest BCUT2D eigenvalue weighted by atomic mass is 10.0. The van der Waals surface area contributed by atoms with Crippen LogP contribution in [0, 0.1) is 11.6 Å². The van der Waals surface area contributed by atoms with Gasteiger partial charge >= 0.3 is 0 Å². The van der Waals surface area contributed by atoms with E-state index in [1.807, 2.05) is 7.05 Å². The van der Waals surface area contributed by atoms with Gasteiger partial charge in [-0.2, -0.15) is 11.8 Å². The molecule has 2 nitrogen and oxygen atoms in total. The minimum Gasteiger partial charge on any atom is -0.313 e. The predicted molar refractivity (Wildman–Crippen MR) is 85.8 cm³/mol. The van der Waals surface area contributed by atoms with Crippen molar-refractivity contribution in [3.63, 3.8) is 0 Å². The van der Waals surface area contributed by atoms with E-state index in [0.29, 0.717) is 5.56 Å². The smallest absolute Gasteiger partial charge is 0.126 e. The van der Waals surface area contributed by atoms with Gasteiger partial charge in [-0.05, 0) is 37.6 Å². The highest BCUT2D eigenvalue weighted by Crippen LogP contribution is 2.23. The van der Waals surface area contributed by atoms with Crippen molar-refractivity contribution in [2.75, 3.05) is 32.4 Å². The number of rotatable bonds is 6. The number of benzene rings is 1. The Kier molecular flexibility index (Phi) is 6.45. The Morgan fingerprint density at radius 2 is 2.05 bits per heavy atom. The van der Waals surface area contributed by atoms with E-state index in [1.54, 1.807) is 0 Å². The van der Waals surface area contributed by atoms with Crippen molar-refractivity contribution in [1.29, 1.82) is 0 Å². The Balaban J connectivity index is 1.93. The molecule has 1 aromatic rings. The minimum absolute atomic E-state index is 0.00939. The minimum atomic E-state index is -0.509. The monoisotopic (exact) mass is 314 g/mol. The van der Waals surface area contributed by atoms with Gasteiger partial charge in [-0.25, -0.2) is 8.78 Å². The van der Waals surface area contributed by atoms with E-state index in [1.165, 1.54) is 24.3 Å². The maximum Gasteiger partial charge on any atom is 0.126 e. The zero-order chi connectivity index (χ0) is 15.2. The van der Waals surface area contributed by atoms with Crippen LogP contribution in [-0.2, 0) is 0 Å². The molecule has 2 unspecified atom stereocenters. The molecule has 2 atom stereocenters. The molecule has 0 saturated carbocycles. The van der Waals surface area contributed by atoms with Crippen molar-refractivity contribution in [3.8, 4) is 0 Å². The summed E-state index contributed by atoms with van der Waals surface area (Å²) in [6, 6.07) is 3.75. The van der Waals surface area contributed by atoms with Crippen LogP contribution in [0.15, 0.2) is 18.2 Å². The van der Waals surface area contributed by atoms with Crippen molar-refractivity contribution < 1.29 is 8.78 Å². The molecule has 0 amide bonds. The third kappa shape index (κ3) is 4.94. The molecule has 0 radical (unpaired) electrons. The molecule has 118 valence electrons. The summed E-state index contributed by atoms with van der Waals surface area (Å²) in [6.07, 6.45) is 2.06. The van der Waals surface area contributed by atoms with Crippen LogP contribution >= 0.6 is 11.8 Å². The van der Waals surface area contributed by atoms with Gasteiger partial charge in [0.1, 0.15) is 11.6 Å². The summed E-state index contributed by atoms with van der Waals surface area (Å²) in [5, 5.41) is 3.89. The van der Waals surface area contributed by atoms with Crippen molar-refractivity contribution in [1.82, 2.24) is 10.2 Å². The van der Waals surface area contributed by atoms with Crippen LogP contribution in [0.25, 0.3) is 0 Å². The quantitative estimate of drug-likeness (QED) is 0.866. The molecule has 5 heteroatoms. The van der Waals surface area contributed by atoms with Crippen LogP contribution in [0.5, 0.6) is 0 Å². The molecule has 0 spiro atoms. The molecule has 0 aliphatic carbocycles. The van der Waals surface area contributed by atoms with Crippen LogP contribution < -0.4 is 5.32 Å². The zero-order valence-corrected chi connectivity index (χ0v) is 13.6. The van der Waals surface area contributed by atoms with Crippen LogP contribution in [0.4, 0.5) is 8.78 Å². The fraction of sp³-hybridized carbons (Fsp3) is 0.625. The molecule has 1 fully saturated rings. The summed E-state index contributed by atoms with van der Waals surface area (Å²) < 4.78 is 26.7. The highest BCUT2D eigenvalue weighted by Gasteiger charge is 2.20. The largest absolute Gasteiger partial charge is 0.313 e. The van der Waals surface area contributed by atoms with Crippen LogP contribution in [0.3, 0.4) is 0 Å². The number of hydrogen-bond donors (Lipinski definition) is 1. The van der Waals surface area contributed by atoms with E-state index in [2.05, 4.69) is 28.9 Å². The Hall–Kier alpha value is -0.650. The first-order valence-electron chi connectivity index (χ1n) is 7.59. The zero-order valence-electron chi connectivity index (χ0n) is 12.7. The molecule has 1 aromatic carbocycles. The molecule has 1 heterocycles. The molecule has 1 aliphatic rings. The molecule has 0 bridgehead atoms. The highest BCUT2D eigenvalue weighted by atomic mass is 32.2. The topological polar surface area (TPSA) is 15.3 Å². The van der Waals surface area contributed by atoms with Crippen LogP contribution in [-0.4, -0.2) is 42.6 Å². The number of nitrogens with one attached hydrogen (secondary N) is 1. The van der Waals surface area contributed by atoms with Gasteiger partial charge < -0.3 is 10.2 Å². The van der Waals surface area contributed by atoms with Crippen molar-refractivity contribution in [2.24, 2.45) is 0 Å². The Morgan fingerprint density at radius 1 is 1.33 bits per heavy atom. The second-order valence-corrected chi connectivity index (χ2v) is 6.94. The standard InChI is InChI=1S/C16H24F2N2S/c1-3-15-11-20(6-7-21-15)5-4-16(19-2)12-8-13(17)10-14(18)9-12/h8-10,15-16,19H,3-7,11H2,1-2H3. The van der Waals surface area contributed by atoms with E-state index in [-0.39, 0.29) is 6.04 Å². The number of halogens is 2. The third-order valence-corrected chi connectivity index (χ3v) is 5.42. The van der Waals surface area contributed by atoms with Gasteiger partial charge in [0.15, 0.2) is 0 Å². The summed E-state index contributed by atoms with van der Waals surface area (Å²) in [5.74, 6) is 0.161. The summed E-state index contributed by atoms with van der Waals surface area (Å²) in [4.78, 5) is 2.46. The number of thioether (sulfide) groups is 1. The number of hydrogen-bond acceptors (Lipinski definition) is 3. The first-order valence-corrected chi connectivity index (χ1v) is 8.64. The maximum atomic E-state index is 13.3. The molecule has 1 saturated heterocycles. The molecular formula is C16H24F2N2S. The summed E-state index contributed by atoms with van der Waals surface area (Å²) in [5.41, 5.74) is 0.688. The summed E-state index contributed by atoms with van der Waals surface area (Å²) in [7, 11) is 1.84. The van der Waals surface area contributed by atoms with Gasteiger partial charge in [0.25, 0.3) is 0 Å². The average molecular weight is 314 g/mol. The Morgan fingerprint density at radius 3 is 2.67 bits per heavy atom. The van der Waals surface area contributed by atoms with Gasteiger partial charge in [0.2, 0.25) is 0 Å². The third-order valence-electron chi connectivity index (χ3n) is 4.05. The first kappa shape index (κ1) is 16.7. The molecule has 0 aromatic heterocycles. The van der Waals surface area contributed by atoms with E-state index in [9.17, 15) is 8.78 Å². The van der Waals surface area contributed by atoms with Gasteiger partial charge in [0, 0.05) is 42.7 Å². The van der Waals surface area contributed by atoms with Crippen LogP contribution in [0.2, 0.25) is 0 Å². The highest BCUT2D eigenvalue weighted by molar-refractivity contribution is 8.00. The van der Waals surface area contributed by atoms with Crippen molar-refractivity contribution in [3.05, 3.63) is 35.4 Å². The van der Waals surface area contributed by atoms with Crippen molar-refractivity contribution in [2.45, 2.75) is 31.1 Å².